The van der Waals surface area contributed by atoms with Gasteiger partial charge in [0.15, 0.2) is 0 Å². The first-order valence-electron chi connectivity index (χ1n) is 10.7. The van der Waals surface area contributed by atoms with Crippen LogP contribution in [-0.2, 0) is 28.8 Å². The first-order valence-corrected chi connectivity index (χ1v) is 12.0. The van der Waals surface area contributed by atoms with Gasteiger partial charge in [-0.2, -0.15) is 11.8 Å². The SMILES string of the molecule is CCC(C)C(N)C(=O)NC(CC(=O)O)C(=O)NC(CCSC)C(=O)NC(CCC(=O)O)C(=O)O. The van der Waals surface area contributed by atoms with Gasteiger partial charge in [-0.15, -0.1) is 0 Å². The maximum absolute atomic E-state index is 12.8. The molecule has 0 aliphatic carbocycles. The molecule has 0 aliphatic heterocycles. The van der Waals surface area contributed by atoms with E-state index >= 15 is 0 Å². The number of rotatable bonds is 17. The molecule has 0 fully saturated rings. The first-order chi connectivity index (χ1) is 15.8. The van der Waals surface area contributed by atoms with Gasteiger partial charge in [-0.1, -0.05) is 20.3 Å². The first kappa shape index (κ1) is 31.1. The Balaban J connectivity index is 5.52. The molecule has 13 nitrogen and oxygen atoms in total. The normalized spacial score (nSPS) is 15.2. The minimum absolute atomic E-state index is 0.0735. The Morgan fingerprint density at radius 1 is 0.824 bits per heavy atom. The largest absolute Gasteiger partial charge is 0.481 e. The van der Waals surface area contributed by atoms with Crippen molar-refractivity contribution in [2.75, 3.05) is 12.0 Å². The van der Waals surface area contributed by atoms with Gasteiger partial charge in [-0.3, -0.25) is 24.0 Å². The average molecular weight is 507 g/mol. The number of nitrogens with two attached hydrogens (primary N) is 1. The van der Waals surface area contributed by atoms with Gasteiger partial charge in [-0.05, 0) is 30.8 Å². The molecule has 0 heterocycles. The van der Waals surface area contributed by atoms with Crippen LogP contribution in [0.25, 0.3) is 0 Å². The standard InChI is InChI=1S/C20H34N4O9S/c1-4-10(2)16(21)19(31)24-13(9-15(27)28)18(30)22-11(7-8-34-3)17(29)23-12(20(32)33)5-6-14(25)26/h10-13,16H,4-9,21H2,1-3H3,(H,22,30)(H,23,29)(H,24,31)(H,25,26)(H,27,28)(H,32,33). The number of carbonyl (C=O) groups is 6. The van der Waals surface area contributed by atoms with Crippen LogP contribution in [0, 0.1) is 5.92 Å². The molecule has 8 N–H and O–H groups in total. The van der Waals surface area contributed by atoms with Crippen LogP contribution in [0.2, 0.25) is 0 Å². The lowest BCUT2D eigenvalue weighted by molar-refractivity contribution is -0.144. The number of aliphatic carboxylic acids is 3. The lowest BCUT2D eigenvalue weighted by Crippen LogP contribution is -2.58. The molecule has 0 aromatic rings. The van der Waals surface area contributed by atoms with Crippen LogP contribution in [0.4, 0.5) is 0 Å². The van der Waals surface area contributed by atoms with Crippen LogP contribution < -0.4 is 21.7 Å². The van der Waals surface area contributed by atoms with Crippen LogP contribution >= 0.6 is 11.8 Å². The highest BCUT2D eigenvalue weighted by Gasteiger charge is 2.32. The van der Waals surface area contributed by atoms with E-state index in [-0.39, 0.29) is 18.8 Å². The number of carboxylic acid groups (broad SMARTS) is 3. The number of hydrogen-bond donors (Lipinski definition) is 7. The molecule has 0 saturated heterocycles. The molecule has 5 unspecified atom stereocenters. The van der Waals surface area contributed by atoms with Gasteiger partial charge in [0.25, 0.3) is 0 Å². The Morgan fingerprint density at radius 2 is 1.35 bits per heavy atom. The second-order valence-electron chi connectivity index (χ2n) is 7.74. The van der Waals surface area contributed by atoms with E-state index in [1.807, 2.05) is 6.92 Å². The van der Waals surface area contributed by atoms with Gasteiger partial charge in [0.1, 0.15) is 18.1 Å². The molecule has 14 heteroatoms. The van der Waals surface area contributed by atoms with Gasteiger partial charge in [0, 0.05) is 6.42 Å². The van der Waals surface area contributed by atoms with Crippen molar-refractivity contribution in [2.45, 2.75) is 70.1 Å². The summed E-state index contributed by atoms with van der Waals surface area (Å²) in [6.45, 7) is 3.54. The minimum Gasteiger partial charge on any atom is -0.481 e. The van der Waals surface area contributed by atoms with Gasteiger partial charge in [-0.25, -0.2) is 4.79 Å². The lowest BCUT2D eigenvalue weighted by Gasteiger charge is -2.25. The lowest BCUT2D eigenvalue weighted by atomic mass is 9.99. The Bertz CT molecular complexity index is 750. The third kappa shape index (κ3) is 11.8. The number of amides is 3. The Labute approximate surface area is 201 Å². The predicted molar refractivity (Wildman–Crippen MR) is 123 cm³/mol. The van der Waals surface area contributed by atoms with E-state index in [1.165, 1.54) is 11.8 Å². The summed E-state index contributed by atoms with van der Waals surface area (Å²) in [4.78, 5) is 71.2. The molecule has 0 aromatic heterocycles. The molecule has 0 spiro atoms. The quantitative estimate of drug-likeness (QED) is 0.126. The zero-order valence-corrected chi connectivity index (χ0v) is 20.2. The Kier molecular flexibility index (Phi) is 14.5. The van der Waals surface area contributed by atoms with E-state index in [0.717, 1.165) is 0 Å². The molecule has 0 aromatic carbocycles. The van der Waals surface area contributed by atoms with Gasteiger partial charge in [0.2, 0.25) is 17.7 Å². The number of thioether (sulfide) groups is 1. The van der Waals surface area contributed by atoms with Crippen LogP contribution in [0.5, 0.6) is 0 Å². The molecule has 0 radical (unpaired) electrons. The zero-order chi connectivity index (χ0) is 26.4. The van der Waals surface area contributed by atoms with Crippen molar-refractivity contribution in [3.63, 3.8) is 0 Å². The van der Waals surface area contributed by atoms with E-state index in [9.17, 15) is 33.9 Å². The number of carboxylic acids is 3. The maximum atomic E-state index is 12.8. The second-order valence-corrected chi connectivity index (χ2v) is 8.73. The molecule has 3 amide bonds. The van der Waals surface area contributed by atoms with Crippen molar-refractivity contribution in [1.82, 2.24) is 16.0 Å². The molecule has 5 atom stereocenters. The highest BCUT2D eigenvalue weighted by atomic mass is 32.2. The Morgan fingerprint density at radius 3 is 1.82 bits per heavy atom. The summed E-state index contributed by atoms with van der Waals surface area (Å²) in [5.41, 5.74) is 5.84. The molecule has 0 saturated carbocycles. The minimum atomic E-state index is -1.52. The molecule has 0 rings (SSSR count). The van der Waals surface area contributed by atoms with Gasteiger partial charge in [0.05, 0.1) is 12.5 Å². The van der Waals surface area contributed by atoms with Crippen LogP contribution in [0.1, 0.15) is 46.0 Å². The van der Waals surface area contributed by atoms with E-state index in [0.29, 0.717) is 12.2 Å². The van der Waals surface area contributed by atoms with Crippen molar-refractivity contribution in [1.29, 1.82) is 0 Å². The fraction of sp³-hybridized carbons (Fsp3) is 0.700. The number of carbonyl (C=O) groups excluding carboxylic acids is 3. The van der Waals surface area contributed by atoms with Crippen LogP contribution in [0.3, 0.4) is 0 Å². The zero-order valence-electron chi connectivity index (χ0n) is 19.4. The van der Waals surface area contributed by atoms with Crippen molar-refractivity contribution in [3.8, 4) is 0 Å². The fourth-order valence-corrected chi connectivity index (χ4v) is 3.21. The monoisotopic (exact) mass is 506 g/mol. The molecule has 34 heavy (non-hydrogen) atoms. The van der Waals surface area contributed by atoms with E-state index in [4.69, 9.17) is 15.9 Å². The van der Waals surface area contributed by atoms with Crippen molar-refractivity contribution in [2.24, 2.45) is 11.7 Å². The fourth-order valence-electron chi connectivity index (χ4n) is 2.74. The maximum Gasteiger partial charge on any atom is 0.326 e. The molecular formula is C20H34N4O9S. The van der Waals surface area contributed by atoms with E-state index in [1.54, 1.807) is 13.2 Å². The average Bonchev–Trinajstić information content (AvgIpc) is 2.76. The summed E-state index contributed by atoms with van der Waals surface area (Å²) in [6, 6.07) is -5.24. The molecule has 0 aliphatic rings. The van der Waals surface area contributed by atoms with Crippen molar-refractivity contribution in [3.05, 3.63) is 0 Å². The molecule has 194 valence electrons. The van der Waals surface area contributed by atoms with Crippen molar-refractivity contribution >= 4 is 47.4 Å². The number of nitrogens with one attached hydrogen (secondary N) is 3. The summed E-state index contributed by atoms with van der Waals surface area (Å²) in [6.07, 6.45) is 0.760. The summed E-state index contributed by atoms with van der Waals surface area (Å²) >= 11 is 1.35. The van der Waals surface area contributed by atoms with Crippen molar-refractivity contribution < 1.29 is 44.1 Å². The second kappa shape index (κ2) is 15.9. The third-order valence-corrected chi connectivity index (χ3v) is 5.72. The van der Waals surface area contributed by atoms with Gasteiger partial charge < -0.3 is 37.0 Å². The Hall–Kier alpha value is -2.87. The topological polar surface area (TPSA) is 225 Å². The highest BCUT2D eigenvalue weighted by Crippen LogP contribution is 2.08. The highest BCUT2D eigenvalue weighted by molar-refractivity contribution is 7.98. The van der Waals surface area contributed by atoms with Crippen LogP contribution in [-0.4, -0.2) is 87.1 Å². The summed E-state index contributed by atoms with van der Waals surface area (Å²) in [7, 11) is 0. The summed E-state index contributed by atoms with van der Waals surface area (Å²) in [5, 5.41) is 34.0. The van der Waals surface area contributed by atoms with Crippen LogP contribution in [0.15, 0.2) is 0 Å². The summed E-state index contributed by atoms with van der Waals surface area (Å²) in [5.74, 6) is -6.45. The summed E-state index contributed by atoms with van der Waals surface area (Å²) < 4.78 is 0. The molecular weight excluding hydrogens is 472 g/mol. The smallest absolute Gasteiger partial charge is 0.326 e. The third-order valence-electron chi connectivity index (χ3n) is 5.08. The molecule has 0 bridgehead atoms. The van der Waals surface area contributed by atoms with Gasteiger partial charge >= 0.3 is 17.9 Å². The predicted octanol–water partition coefficient (Wildman–Crippen LogP) is -1.01. The van der Waals surface area contributed by atoms with E-state index in [2.05, 4.69) is 16.0 Å². The number of hydrogen-bond acceptors (Lipinski definition) is 8. The van der Waals surface area contributed by atoms with E-state index < -0.39 is 72.6 Å².